The van der Waals surface area contributed by atoms with Crippen molar-refractivity contribution in [2.24, 2.45) is 0 Å². The molecule has 8 nitrogen and oxygen atoms in total. The highest BCUT2D eigenvalue weighted by Crippen LogP contribution is 2.29. The van der Waals surface area contributed by atoms with Crippen LogP contribution in [0.4, 0.5) is 5.82 Å². The van der Waals surface area contributed by atoms with Gasteiger partial charge in [-0.15, -0.1) is 10.2 Å². The molecule has 0 fully saturated rings. The Morgan fingerprint density at radius 1 is 1.21 bits per heavy atom. The second-order valence-electron chi connectivity index (χ2n) is 5.15. The van der Waals surface area contributed by atoms with Crippen molar-refractivity contribution in [2.45, 2.75) is 20.0 Å². The smallest absolute Gasteiger partial charge is 0.406 e. The Morgan fingerprint density at radius 2 is 1.96 bits per heavy atom. The van der Waals surface area contributed by atoms with Gasteiger partial charge in [-0.05, 0) is 48.0 Å². The second kappa shape index (κ2) is 6.45. The Kier molecular flexibility index (Phi) is 4.19. The van der Waals surface area contributed by atoms with E-state index < -0.39 is 11.0 Å². The van der Waals surface area contributed by atoms with Gasteiger partial charge in [-0.25, -0.2) is 0 Å². The van der Waals surface area contributed by atoms with E-state index in [0.717, 1.165) is 11.1 Å². The number of nitro groups is 1. The summed E-state index contributed by atoms with van der Waals surface area (Å²) in [5, 5.41) is 18.9. The van der Waals surface area contributed by atoms with Crippen molar-refractivity contribution in [3.63, 3.8) is 0 Å². The largest absolute Gasteiger partial charge is 0.473 e. The quantitative estimate of drug-likeness (QED) is 0.522. The molecule has 2 heterocycles. The zero-order valence-electron chi connectivity index (χ0n) is 13.0. The maximum absolute atomic E-state index is 11.0. The van der Waals surface area contributed by atoms with Crippen LogP contribution in [0.25, 0.3) is 11.5 Å². The van der Waals surface area contributed by atoms with E-state index in [-0.39, 0.29) is 17.5 Å². The number of rotatable bonds is 5. The van der Waals surface area contributed by atoms with Gasteiger partial charge in [0.05, 0.1) is 0 Å². The van der Waals surface area contributed by atoms with Gasteiger partial charge in [-0.2, -0.15) is 0 Å². The zero-order valence-corrected chi connectivity index (χ0v) is 13.0. The molecule has 3 rings (SSSR count). The van der Waals surface area contributed by atoms with E-state index in [1.54, 1.807) is 13.0 Å². The SMILES string of the molecule is Cc1ccc(-c2nnc(C(C)Oc3cccnc3[N+](=O)[O-])o2)cc1. The van der Waals surface area contributed by atoms with Crippen LogP contribution in [0.15, 0.2) is 47.0 Å². The molecule has 0 radical (unpaired) electrons. The van der Waals surface area contributed by atoms with Crippen molar-refractivity contribution in [1.82, 2.24) is 15.2 Å². The van der Waals surface area contributed by atoms with Crippen molar-refractivity contribution in [3.05, 3.63) is 64.2 Å². The third-order valence-electron chi connectivity index (χ3n) is 3.31. The van der Waals surface area contributed by atoms with Crippen LogP contribution in [0, 0.1) is 17.0 Å². The lowest BCUT2D eigenvalue weighted by Crippen LogP contribution is -2.06. The number of ether oxygens (including phenoxy) is 1. The number of aromatic nitrogens is 3. The number of aryl methyl sites for hydroxylation is 1. The first-order chi connectivity index (χ1) is 11.5. The fourth-order valence-corrected chi connectivity index (χ4v) is 2.06. The van der Waals surface area contributed by atoms with Gasteiger partial charge in [0.1, 0.15) is 6.20 Å². The fourth-order valence-electron chi connectivity index (χ4n) is 2.06. The van der Waals surface area contributed by atoms with Gasteiger partial charge in [0.25, 0.3) is 5.89 Å². The van der Waals surface area contributed by atoms with Crippen LogP contribution in [0.5, 0.6) is 5.75 Å². The maximum atomic E-state index is 11.0. The number of nitrogens with zero attached hydrogens (tertiary/aromatic N) is 4. The number of pyridine rings is 1. The Balaban J connectivity index is 1.80. The van der Waals surface area contributed by atoms with Crippen LogP contribution in [0.2, 0.25) is 0 Å². The summed E-state index contributed by atoms with van der Waals surface area (Å²) < 4.78 is 11.2. The highest BCUT2D eigenvalue weighted by molar-refractivity contribution is 5.52. The topological polar surface area (TPSA) is 104 Å². The standard InChI is InChI=1S/C16H14N4O4/c1-10-5-7-12(8-6-10)16-19-18-15(24-16)11(2)23-13-4-3-9-17-14(13)20(21)22/h3-9,11H,1-2H3. The van der Waals surface area contributed by atoms with Crippen LogP contribution in [-0.4, -0.2) is 20.1 Å². The van der Waals surface area contributed by atoms with E-state index in [1.807, 2.05) is 31.2 Å². The van der Waals surface area contributed by atoms with Gasteiger partial charge in [0.2, 0.25) is 11.6 Å². The zero-order chi connectivity index (χ0) is 17.1. The summed E-state index contributed by atoms with van der Waals surface area (Å²) in [4.78, 5) is 14.1. The van der Waals surface area contributed by atoms with Crippen molar-refractivity contribution in [2.75, 3.05) is 0 Å². The third-order valence-corrected chi connectivity index (χ3v) is 3.31. The van der Waals surface area contributed by atoms with Crippen molar-refractivity contribution < 1.29 is 14.1 Å². The molecule has 1 unspecified atom stereocenters. The molecular weight excluding hydrogens is 312 g/mol. The van der Waals surface area contributed by atoms with Gasteiger partial charge in [0.15, 0.2) is 6.10 Å². The van der Waals surface area contributed by atoms with Crippen LogP contribution in [0.1, 0.15) is 24.5 Å². The van der Waals surface area contributed by atoms with Gasteiger partial charge in [-0.3, -0.25) is 0 Å². The van der Waals surface area contributed by atoms with E-state index in [9.17, 15) is 10.1 Å². The van der Waals surface area contributed by atoms with Crippen LogP contribution < -0.4 is 4.74 Å². The molecule has 3 aromatic rings. The highest BCUT2D eigenvalue weighted by atomic mass is 16.6. The summed E-state index contributed by atoms with van der Waals surface area (Å²) in [6, 6.07) is 10.7. The second-order valence-corrected chi connectivity index (χ2v) is 5.15. The van der Waals surface area contributed by atoms with E-state index in [1.165, 1.54) is 12.3 Å². The molecule has 2 aromatic heterocycles. The number of hydrogen-bond donors (Lipinski definition) is 0. The molecule has 0 N–H and O–H groups in total. The third kappa shape index (κ3) is 3.22. The van der Waals surface area contributed by atoms with Gasteiger partial charge in [-0.1, -0.05) is 17.7 Å². The fraction of sp³-hybridized carbons (Fsp3) is 0.188. The number of hydrogen-bond acceptors (Lipinski definition) is 7. The number of benzene rings is 1. The molecular formula is C16H14N4O4. The summed E-state index contributed by atoms with van der Waals surface area (Å²) >= 11 is 0. The van der Waals surface area contributed by atoms with Crippen LogP contribution in [0.3, 0.4) is 0 Å². The molecule has 1 atom stereocenters. The maximum Gasteiger partial charge on any atom is 0.406 e. The van der Waals surface area contributed by atoms with E-state index in [2.05, 4.69) is 15.2 Å². The minimum absolute atomic E-state index is 0.0464. The van der Waals surface area contributed by atoms with Crippen LogP contribution in [-0.2, 0) is 0 Å². The Labute approximate surface area is 137 Å². The molecule has 0 amide bonds. The minimum Gasteiger partial charge on any atom is -0.473 e. The molecule has 0 saturated carbocycles. The summed E-state index contributed by atoms with van der Waals surface area (Å²) in [5.74, 6) is 0.276. The average molecular weight is 326 g/mol. The summed E-state index contributed by atoms with van der Waals surface area (Å²) in [7, 11) is 0. The summed E-state index contributed by atoms with van der Waals surface area (Å²) in [6.45, 7) is 3.66. The normalized spacial score (nSPS) is 11.9. The van der Waals surface area contributed by atoms with E-state index >= 15 is 0 Å². The van der Waals surface area contributed by atoms with E-state index in [4.69, 9.17) is 9.15 Å². The summed E-state index contributed by atoms with van der Waals surface area (Å²) in [6.07, 6.45) is 0.678. The lowest BCUT2D eigenvalue weighted by Gasteiger charge is -2.10. The molecule has 122 valence electrons. The van der Waals surface area contributed by atoms with Gasteiger partial charge >= 0.3 is 5.82 Å². The Morgan fingerprint density at radius 3 is 2.67 bits per heavy atom. The molecule has 24 heavy (non-hydrogen) atoms. The lowest BCUT2D eigenvalue weighted by atomic mass is 10.1. The highest BCUT2D eigenvalue weighted by Gasteiger charge is 2.22. The first kappa shape index (κ1) is 15.6. The Bertz CT molecular complexity index is 861. The van der Waals surface area contributed by atoms with E-state index in [0.29, 0.717) is 5.89 Å². The molecule has 0 aliphatic heterocycles. The van der Waals surface area contributed by atoms with Crippen LogP contribution >= 0.6 is 0 Å². The first-order valence-electron chi connectivity index (χ1n) is 7.21. The molecule has 0 bridgehead atoms. The van der Waals surface area contributed by atoms with Crippen molar-refractivity contribution in [1.29, 1.82) is 0 Å². The predicted octanol–water partition coefficient (Wildman–Crippen LogP) is 3.49. The monoisotopic (exact) mass is 326 g/mol. The minimum atomic E-state index is -0.653. The average Bonchev–Trinajstić information content (AvgIpc) is 3.06. The molecule has 0 aliphatic carbocycles. The molecule has 0 saturated heterocycles. The molecule has 1 aromatic carbocycles. The van der Waals surface area contributed by atoms with Crippen molar-refractivity contribution in [3.8, 4) is 17.2 Å². The van der Waals surface area contributed by atoms with Crippen molar-refractivity contribution >= 4 is 5.82 Å². The molecule has 0 aliphatic rings. The first-order valence-corrected chi connectivity index (χ1v) is 7.21. The predicted molar refractivity (Wildman–Crippen MR) is 84.4 cm³/mol. The molecule has 0 spiro atoms. The summed E-state index contributed by atoms with van der Waals surface area (Å²) in [5.41, 5.74) is 1.91. The molecule has 8 heteroatoms. The lowest BCUT2D eigenvalue weighted by molar-refractivity contribution is -0.390. The van der Waals surface area contributed by atoms with Gasteiger partial charge < -0.3 is 19.3 Å². The van der Waals surface area contributed by atoms with Gasteiger partial charge in [0, 0.05) is 5.56 Å². The Hall–Kier alpha value is -3.29.